The largest absolute Gasteiger partial charge is 0.292 e. The number of rotatable bonds is 3. The van der Waals surface area contributed by atoms with Gasteiger partial charge in [-0.2, -0.15) is 5.26 Å². The molecule has 0 aliphatic heterocycles. The van der Waals surface area contributed by atoms with Gasteiger partial charge in [0.2, 0.25) is 0 Å². The lowest BCUT2D eigenvalue weighted by atomic mass is 9.91. The predicted molar refractivity (Wildman–Crippen MR) is 78.2 cm³/mol. The number of hydrogen-bond acceptors (Lipinski definition) is 2. The smallest absolute Gasteiger partial charge is 0.185 e. The molecule has 2 nitrogen and oxygen atoms in total. The van der Waals surface area contributed by atoms with Crippen molar-refractivity contribution in [1.29, 1.82) is 5.26 Å². The summed E-state index contributed by atoms with van der Waals surface area (Å²) in [5.74, 6) is -3.65. The minimum Gasteiger partial charge on any atom is -0.292 e. The van der Waals surface area contributed by atoms with Crippen LogP contribution in [0.4, 0.5) is 8.78 Å². The SMILES string of the molecule is N#CC(C(=O)c1cccc(Br)c1Cl)c1cc(F)cc(F)c1. The van der Waals surface area contributed by atoms with Gasteiger partial charge in [0.15, 0.2) is 5.78 Å². The summed E-state index contributed by atoms with van der Waals surface area (Å²) in [6.45, 7) is 0. The maximum absolute atomic E-state index is 13.2. The number of halogens is 4. The molecule has 0 spiro atoms. The van der Waals surface area contributed by atoms with Crippen molar-refractivity contribution in [3.05, 3.63) is 68.7 Å². The van der Waals surface area contributed by atoms with Gasteiger partial charge in [0.05, 0.1) is 11.1 Å². The van der Waals surface area contributed by atoms with Crippen molar-refractivity contribution in [2.45, 2.75) is 5.92 Å². The molecule has 0 aliphatic rings. The van der Waals surface area contributed by atoms with Crippen LogP contribution in [0.2, 0.25) is 5.02 Å². The first-order chi connectivity index (χ1) is 9.93. The zero-order valence-electron chi connectivity index (χ0n) is 10.4. The van der Waals surface area contributed by atoms with Gasteiger partial charge in [0.25, 0.3) is 0 Å². The first-order valence-electron chi connectivity index (χ1n) is 5.78. The van der Waals surface area contributed by atoms with Crippen LogP contribution in [0.1, 0.15) is 21.8 Å². The van der Waals surface area contributed by atoms with Crippen LogP contribution in [0.15, 0.2) is 40.9 Å². The van der Waals surface area contributed by atoms with Crippen molar-refractivity contribution >= 4 is 33.3 Å². The quantitative estimate of drug-likeness (QED) is 0.723. The average molecular weight is 371 g/mol. The molecule has 6 heteroatoms. The number of Topliss-reactive ketones (excluding diaryl/α,β-unsaturated/α-hetero) is 1. The van der Waals surface area contributed by atoms with Crippen molar-refractivity contribution in [3.63, 3.8) is 0 Å². The molecule has 0 heterocycles. The molecule has 21 heavy (non-hydrogen) atoms. The molecule has 2 aromatic carbocycles. The van der Waals surface area contributed by atoms with Crippen LogP contribution in [0.3, 0.4) is 0 Å². The molecule has 0 N–H and O–H groups in total. The van der Waals surface area contributed by atoms with Crippen molar-refractivity contribution < 1.29 is 13.6 Å². The van der Waals surface area contributed by atoms with Crippen molar-refractivity contribution in [2.75, 3.05) is 0 Å². The van der Waals surface area contributed by atoms with Gasteiger partial charge < -0.3 is 0 Å². The van der Waals surface area contributed by atoms with Gasteiger partial charge in [0.1, 0.15) is 17.6 Å². The molecule has 0 bridgehead atoms. The number of nitriles is 1. The van der Waals surface area contributed by atoms with Gasteiger partial charge >= 0.3 is 0 Å². The number of hydrogen-bond donors (Lipinski definition) is 0. The Balaban J connectivity index is 2.49. The number of carbonyl (C=O) groups excluding carboxylic acids is 1. The van der Waals surface area contributed by atoms with E-state index in [1.807, 2.05) is 0 Å². The van der Waals surface area contributed by atoms with E-state index < -0.39 is 23.3 Å². The van der Waals surface area contributed by atoms with Gasteiger partial charge in [-0.1, -0.05) is 17.7 Å². The van der Waals surface area contributed by atoms with Gasteiger partial charge in [-0.15, -0.1) is 0 Å². The molecule has 0 saturated heterocycles. The Morgan fingerprint density at radius 3 is 2.43 bits per heavy atom. The van der Waals surface area contributed by atoms with E-state index in [2.05, 4.69) is 15.9 Å². The molecule has 0 aliphatic carbocycles. The Morgan fingerprint density at radius 2 is 1.86 bits per heavy atom. The van der Waals surface area contributed by atoms with Crippen LogP contribution in [0.5, 0.6) is 0 Å². The second-order valence-corrected chi connectivity index (χ2v) is 5.46. The third kappa shape index (κ3) is 3.29. The Hall–Kier alpha value is -1.77. The summed E-state index contributed by atoms with van der Waals surface area (Å²) in [4.78, 5) is 12.4. The Kier molecular flexibility index (Phi) is 4.71. The second kappa shape index (κ2) is 6.33. The lowest BCUT2D eigenvalue weighted by Crippen LogP contribution is -2.12. The van der Waals surface area contributed by atoms with E-state index in [0.29, 0.717) is 10.5 Å². The minimum absolute atomic E-state index is 0.0453. The van der Waals surface area contributed by atoms with Gasteiger partial charge in [0, 0.05) is 16.1 Å². The average Bonchev–Trinajstić information content (AvgIpc) is 2.41. The molecular formula is C15H7BrClF2NO. The van der Waals surface area contributed by atoms with E-state index in [9.17, 15) is 18.8 Å². The molecule has 0 amide bonds. The highest BCUT2D eigenvalue weighted by Crippen LogP contribution is 2.30. The Labute approximate surface area is 133 Å². The van der Waals surface area contributed by atoms with Crippen LogP contribution < -0.4 is 0 Å². The first kappa shape index (κ1) is 15.6. The maximum atomic E-state index is 13.2. The zero-order valence-corrected chi connectivity index (χ0v) is 12.8. The summed E-state index contributed by atoms with van der Waals surface area (Å²) in [6, 6.07) is 9.04. The molecular weight excluding hydrogens is 364 g/mol. The fourth-order valence-electron chi connectivity index (χ4n) is 1.88. The molecule has 0 fully saturated rings. The predicted octanol–water partition coefficient (Wildman–Crippen LogP) is 4.87. The van der Waals surface area contributed by atoms with Gasteiger partial charge in [-0.25, -0.2) is 8.78 Å². The van der Waals surface area contributed by atoms with E-state index in [4.69, 9.17) is 11.6 Å². The number of carbonyl (C=O) groups is 1. The van der Waals surface area contributed by atoms with E-state index >= 15 is 0 Å². The summed E-state index contributed by atoms with van der Waals surface area (Å²) in [6.07, 6.45) is 0. The fraction of sp³-hybridized carbons (Fsp3) is 0.0667. The third-order valence-electron chi connectivity index (χ3n) is 2.83. The molecule has 0 aromatic heterocycles. The molecule has 1 unspecified atom stereocenters. The highest BCUT2D eigenvalue weighted by molar-refractivity contribution is 9.10. The number of nitrogens with zero attached hydrogens (tertiary/aromatic N) is 1. The molecule has 106 valence electrons. The highest BCUT2D eigenvalue weighted by Gasteiger charge is 2.25. The monoisotopic (exact) mass is 369 g/mol. The minimum atomic E-state index is -1.33. The fourth-order valence-corrected chi connectivity index (χ4v) is 2.46. The van der Waals surface area contributed by atoms with Crippen LogP contribution in [-0.2, 0) is 0 Å². The normalized spacial score (nSPS) is 11.8. The summed E-state index contributed by atoms with van der Waals surface area (Å²) in [5.41, 5.74) is 0.0679. The highest BCUT2D eigenvalue weighted by atomic mass is 79.9. The second-order valence-electron chi connectivity index (χ2n) is 4.23. The third-order valence-corrected chi connectivity index (χ3v) is 4.12. The van der Waals surface area contributed by atoms with Crippen LogP contribution >= 0.6 is 27.5 Å². The lowest BCUT2D eigenvalue weighted by molar-refractivity contribution is 0.0979. The molecule has 1 atom stereocenters. The number of benzene rings is 2. The summed E-state index contributed by atoms with van der Waals surface area (Å²) >= 11 is 9.19. The Bertz CT molecular complexity index is 738. The van der Waals surface area contributed by atoms with Crippen molar-refractivity contribution in [2.24, 2.45) is 0 Å². The Morgan fingerprint density at radius 1 is 1.24 bits per heavy atom. The standard InChI is InChI=1S/C15H7BrClF2NO/c16-13-3-1-2-11(14(13)17)15(21)12(7-20)8-4-9(18)6-10(19)5-8/h1-6,12H. The number of ketones is 1. The summed E-state index contributed by atoms with van der Waals surface area (Å²) < 4.78 is 27.0. The van der Waals surface area contributed by atoms with E-state index in [0.717, 1.165) is 12.1 Å². The van der Waals surface area contributed by atoms with Crippen molar-refractivity contribution in [3.8, 4) is 6.07 Å². The molecule has 2 rings (SSSR count). The topological polar surface area (TPSA) is 40.9 Å². The zero-order chi connectivity index (χ0) is 15.6. The first-order valence-corrected chi connectivity index (χ1v) is 6.95. The van der Waals surface area contributed by atoms with Crippen molar-refractivity contribution in [1.82, 2.24) is 0 Å². The summed E-state index contributed by atoms with van der Waals surface area (Å²) in [7, 11) is 0. The van der Waals surface area contributed by atoms with Crippen LogP contribution in [-0.4, -0.2) is 5.78 Å². The summed E-state index contributed by atoms with van der Waals surface area (Å²) in [5, 5.41) is 9.34. The van der Waals surface area contributed by atoms with Gasteiger partial charge in [-0.3, -0.25) is 4.79 Å². The molecule has 2 aromatic rings. The van der Waals surface area contributed by atoms with E-state index in [-0.39, 0.29) is 16.1 Å². The maximum Gasteiger partial charge on any atom is 0.185 e. The van der Waals surface area contributed by atoms with Gasteiger partial charge in [-0.05, 0) is 45.8 Å². The molecule has 0 radical (unpaired) electrons. The molecule has 0 saturated carbocycles. The van der Waals surface area contributed by atoms with E-state index in [1.165, 1.54) is 6.07 Å². The van der Waals surface area contributed by atoms with Crippen LogP contribution in [0, 0.1) is 23.0 Å². The lowest BCUT2D eigenvalue weighted by Gasteiger charge is -2.11. The van der Waals surface area contributed by atoms with Crippen LogP contribution in [0.25, 0.3) is 0 Å². The van der Waals surface area contributed by atoms with E-state index in [1.54, 1.807) is 18.2 Å².